The van der Waals surface area contributed by atoms with E-state index in [0.717, 1.165) is 26.1 Å². The van der Waals surface area contributed by atoms with Gasteiger partial charge in [0.2, 0.25) is 0 Å². The Morgan fingerprint density at radius 1 is 1.30 bits per heavy atom. The molecule has 1 rings (SSSR count). The summed E-state index contributed by atoms with van der Waals surface area (Å²) in [6.07, 6.45) is 1.13. The summed E-state index contributed by atoms with van der Waals surface area (Å²) in [6, 6.07) is 6.73. The summed E-state index contributed by atoms with van der Waals surface area (Å²) in [6.45, 7) is 11.5. The third-order valence-corrected chi connectivity index (χ3v) is 4.29. The standard InChI is InChI=1S/C17H30N2O/c1-7-17(3,4)19(5)16-9-8-15(14(2)12-16)13-18-10-11-20-6/h8-9,12,18H,7,10-11,13H2,1-6H3. The largest absolute Gasteiger partial charge is 0.383 e. The van der Waals surface area contributed by atoms with Crippen LogP contribution in [-0.2, 0) is 11.3 Å². The van der Waals surface area contributed by atoms with Gasteiger partial charge < -0.3 is 15.0 Å². The number of nitrogens with zero attached hydrogens (tertiary/aromatic N) is 1. The highest BCUT2D eigenvalue weighted by molar-refractivity contribution is 5.52. The summed E-state index contributed by atoms with van der Waals surface area (Å²) < 4.78 is 5.04. The zero-order valence-corrected chi connectivity index (χ0v) is 13.9. The van der Waals surface area contributed by atoms with Crippen LogP contribution in [0, 0.1) is 6.92 Å². The van der Waals surface area contributed by atoms with Crippen LogP contribution >= 0.6 is 0 Å². The van der Waals surface area contributed by atoms with Crippen molar-refractivity contribution in [3.8, 4) is 0 Å². The van der Waals surface area contributed by atoms with Gasteiger partial charge in [-0.1, -0.05) is 13.0 Å². The Morgan fingerprint density at radius 3 is 2.55 bits per heavy atom. The summed E-state index contributed by atoms with van der Waals surface area (Å²) in [5.74, 6) is 0. The Hall–Kier alpha value is -1.06. The lowest BCUT2D eigenvalue weighted by molar-refractivity contribution is 0.199. The van der Waals surface area contributed by atoms with Gasteiger partial charge in [0.1, 0.15) is 0 Å². The van der Waals surface area contributed by atoms with Crippen molar-refractivity contribution >= 4 is 5.69 Å². The van der Waals surface area contributed by atoms with Gasteiger partial charge in [-0.05, 0) is 50.5 Å². The van der Waals surface area contributed by atoms with Gasteiger partial charge in [0.25, 0.3) is 0 Å². The minimum absolute atomic E-state index is 0.185. The second kappa shape index (κ2) is 7.65. The van der Waals surface area contributed by atoms with Gasteiger partial charge >= 0.3 is 0 Å². The van der Waals surface area contributed by atoms with Gasteiger partial charge in [-0.15, -0.1) is 0 Å². The first-order valence-electron chi connectivity index (χ1n) is 7.45. The highest BCUT2D eigenvalue weighted by Gasteiger charge is 2.21. The average molecular weight is 278 g/mol. The number of hydrogen-bond acceptors (Lipinski definition) is 3. The number of nitrogens with one attached hydrogen (secondary N) is 1. The third-order valence-electron chi connectivity index (χ3n) is 4.29. The molecule has 0 heterocycles. The molecule has 20 heavy (non-hydrogen) atoms. The molecule has 0 aliphatic rings. The van der Waals surface area contributed by atoms with E-state index in [2.05, 4.69) is 63.2 Å². The summed E-state index contributed by atoms with van der Waals surface area (Å²) in [5, 5.41) is 3.39. The molecule has 0 atom stereocenters. The minimum atomic E-state index is 0.185. The van der Waals surface area contributed by atoms with Crippen molar-refractivity contribution in [1.29, 1.82) is 0 Å². The summed E-state index contributed by atoms with van der Waals surface area (Å²) in [5.41, 5.74) is 4.17. The van der Waals surface area contributed by atoms with Gasteiger partial charge in [0, 0.05) is 38.5 Å². The van der Waals surface area contributed by atoms with Crippen molar-refractivity contribution in [2.75, 3.05) is 32.2 Å². The molecule has 114 valence electrons. The Balaban J connectivity index is 2.72. The van der Waals surface area contributed by atoms with E-state index < -0.39 is 0 Å². The highest BCUT2D eigenvalue weighted by Crippen LogP contribution is 2.26. The molecule has 3 nitrogen and oxygen atoms in total. The SMILES string of the molecule is CCC(C)(C)N(C)c1ccc(CNCCOC)c(C)c1. The molecule has 0 fully saturated rings. The van der Waals surface area contributed by atoms with Gasteiger partial charge in [-0.2, -0.15) is 0 Å². The monoisotopic (exact) mass is 278 g/mol. The molecule has 0 saturated carbocycles. The average Bonchev–Trinajstić information content (AvgIpc) is 2.44. The van der Waals surface area contributed by atoms with Crippen LogP contribution in [0.15, 0.2) is 18.2 Å². The summed E-state index contributed by atoms with van der Waals surface area (Å²) in [7, 11) is 3.90. The fourth-order valence-electron chi connectivity index (χ4n) is 2.07. The predicted molar refractivity (Wildman–Crippen MR) is 87.5 cm³/mol. The van der Waals surface area contributed by atoms with E-state index >= 15 is 0 Å². The maximum atomic E-state index is 5.04. The molecule has 1 aromatic rings. The molecular formula is C17H30N2O. The molecule has 1 aromatic carbocycles. The predicted octanol–water partition coefficient (Wildman–Crippen LogP) is 3.36. The van der Waals surface area contributed by atoms with Crippen molar-refractivity contribution in [1.82, 2.24) is 5.32 Å². The van der Waals surface area contributed by atoms with E-state index in [0.29, 0.717) is 0 Å². The van der Waals surface area contributed by atoms with Gasteiger partial charge in [-0.25, -0.2) is 0 Å². The Bertz CT molecular complexity index is 415. The van der Waals surface area contributed by atoms with Crippen molar-refractivity contribution < 1.29 is 4.74 Å². The number of anilines is 1. The zero-order chi connectivity index (χ0) is 15.2. The fourth-order valence-corrected chi connectivity index (χ4v) is 2.07. The number of hydrogen-bond donors (Lipinski definition) is 1. The van der Waals surface area contributed by atoms with E-state index in [1.54, 1.807) is 7.11 Å². The van der Waals surface area contributed by atoms with Crippen LogP contribution in [0.3, 0.4) is 0 Å². The van der Waals surface area contributed by atoms with Crippen molar-refractivity contribution in [2.24, 2.45) is 0 Å². The molecule has 0 saturated heterocycles. The van der Waals surface area contributed by atoms with E-state index in [4.69, 9.17) is 4.74 Å². The lowest BCUT2D eigenvalue weighted by Gasteiger charge is -2.37. The first-order chi connectivity index (χ1) is 9.42. The Morgan fingerprint density at radius 2 is 2.00 bits per heavy atom. The van der Waals surface area contributed by atoms with Crippen LogP contribution < -0.4 is 10.2 Å². The number of methoxy groups -OCH3 is 1. The smallest absolute Gasteiger partial charge is 0.0587 e. The first-order valence-corrected chi connectivity index (χ1v) is 7.45. The molecule has 0 aliphatic carbocycles. The minimum Gasteiger partial charge on any atom is -0.383 e. The van der Waals surface area contributed by atoms with Crippen LogP contribution in [0.2, 0.25) is 0 Å². The van der Waals surface area contributed by atoms with Crippen LogP contribution in [0.1, 0.15) is 38.3 Å². The van der Waals surface area contributed by atoms with E-state index in [-0.39, 0.29) is 5.54 Å². The van der Waals surface area contributed by atoms with E-state index in [9.17, 15) is 0 Å². The number of ether oxygens (including phenoxy) is 1. The fraction of sp³-hybridized carbons (Fsp3) is 0.647. The normalized spacial score (nSPS) is 11.7. The van der Waals surface area contributed by atoms with E-state index in [1.807, 2.05) is 0 Å². The molecule has 0 aliphatic heterocycles. The van der Waals surface area contributed by atoms with Crippen molar-refractivity contribution in [3.05, 3.63) is 29.3 Å². The van der Waals surface area contributed by atoms with Crippen LogP contribution in [0.5, 0.6) is 0 Å². The Kier molecular flexibility index (Phi) is 6.50. The van der Waals surface area contributed by atoms with Crippen molar-refractivity contribution in [2.45, 2.75) is 46.2 Å². The molecule has 0 aromatic heterocycles. The topological polar surface area (TPSA) is 24.5 Å². The maximum Gasteiger partial charge on any atom is 0.0587 e. The quantitative estimate of drug-likeness (QED) is 0.738. The van der Waals surface area contributed by atoms with Crippen molar-refractivity contribution in [3.63, 3.8) is 0 Å². The molecule has 0 unspecified atom stereocenters. The second-order valence-corrected chi connectivity index (χ2v) is 6.01. The highest BCUT2D eigenvalue weighted by atomic mass is 16.5. The van der Waals surface area contributed by atoms with Crippen LogP contribution in [-0.4, -0.2) is 32.8 Å². The summed E-state index contributed by atoms with van der Waals surface area (Å²) >= 11 is 0. The molecule has 0 spiro atoms. The summed E-state index contributed by atoms with van der Waals surface area (Å²) in [4.78, 5) is 2.36. The van der Waals surface area contributed by atoms with Crippen LogP contribution in [0.4, 0.5) is 5.69 Å². The lowest BCUT2D eigenvalue weighted by atomic mass is 9.98. The number of rotatable bonds is 8. The van der Waals surface area contributed by atoms with Gasteiger partial charge in [0.15, 0.2) is 0 Å². The van der Waals surface area contributed by atoms with Gasteiger partial charge in [0.05, 0.1) is 6.61 Å². The Labute approximate surface area is 124 Å². The third kappa shape index (κ3) is 4.50. The molecule has 3 heteroatoms. The maximum absolute atomic E-state index is 5.04. The van der Waals surface area contributed by atoms with Crippen LogP contribution in [0.25, 0.3) is 0 Å². The number of benzene rings is 1. The van der Waals surface area contributed by atoms with Gasteiger partial charge in [-0.3, -0.25) is 0 Å². The zero-order valence-electron chi connectivity index (χ0n) is 13.9. The molecule has 0 bridgehead atoms. The second-order valence-electron chi connectivity index (χ2n) is 6.01. The lowest BCUT2D eigenvalue weighted by Crippen LogP contribution is -2.40. The number of aryl methyl sites for hydroxylation is 1. The van der Waals surface area contributed by atoms with E-state index in [1.165, 1.54) is 16.8 Å². The first kappa shape index (κ1) is 17.0. The molecular weight excluding hydrogens is 248 g/mol. The molecule has 0 radical (unpaired) electrons. The molecule has 1 N–H and O–H groups in total. The molecule has 0 amide bonds.